The Kier molecular flexibility index (Phi) is 8.22. The molecule has 0 bridgehead atoms. The van der Waals surface area contributed by atoms with Gasteiger partial charge in [0, 0.05) is 11.6 Å². The molecule has 5 nitrogen and oxygen atoms in total. The lowest BCUT2D eigenvalue weighted by Crippen LogP contribution is -2.13. The van der Waals surface area contributed by atoms with E-state index in [9.17, 15) is 10.1 Å². The number of anilines is 1. The van der Waals surface area contributed by atoms with Crippen molar-refractivity contribution in [2.75, 3.05) is 11.9 Å². The highest BCUT2D eigenvalue weighted by atomic mass is 16.5. The van der Waals surface area contributed by atoms with Crippen molar-refractivity contribution in [3.8, 4) is 17.6 Å². The van der Waals surface area contributed by atoms with Crippen LogP contribution in [0.15, 0.2) is 113 Å². The highest BCUT2D eigenvalue weighted by Gasteiger charge is 2.24. The van der Waals surface area contributed by atoms with Crippen molar-refractivity contribution in [3.63, 3.8) is 0 Å². The van der Waals surface area contributed by atoms with Gasteiger partial charge < -0.3 is 14.8 Å². The predicted molar refractivity (Wildman–Crippen MR) is 146 cm³/mol. The van der Waals surface area contributed by atoms with Crippen molar-refractivity contribution < 1.29 is 14.3 Å². The lowest BCUT2D eigenvalue weighted by Gasteiger charge is -2.16. The van der Waals surface area contributed by atoms with Crippen molar-refractivity contribution >= 4 is 11.6 Å². The minimum atomic E-state index is -0.443. The molecule has 0 saturated carbocycles. The first-order valence-electron chi connectivity index (χ1n) is 12.3. The second-order valence-electron chi connectivity index (χ2n) is 8.88. The average Bonchev–Trinajstić information content (AvgIpc) is 3.20. The third kappa shape index (κ3) is 6.36. The van der Waals surface area contributed by atoms with E-state index in [1.54, 1.807) is 30.3 Å². The number of carbonyl (C=O) groups excluding carboxylic acids is 1. The van der Waals surface area contributed by atoms with Crippen LogP contribution in [0.2, 0.25) is 0 Å². The summed E-state index contributed by atoms with van der Waals surface area (Å²) in [6.07, 6.45) is 3.71. The van der Waals surface area contributed by atoms with Crippen molar-refractivity contribution in [1.29, 1.82) is 5.26 Å². The van der Waals surface area contributed by atoms with Gasteiger partial charge in [0.25, 0.3) is 5.91 Å². The number of nitrogens with zero attached hydrogens (tertiary/aromatic N) is 1. The molecule has 5 heteroatoms. The van der Waals surface area contributed by atoms with Crippen molar-refractivity contribution in [3.05, 3.63) is 124 Å². The molecule has 0 unspecified atom stereocenters. The van der Waals surface area contributed by atoms with E-state index in [4.69, 9.17) is 9.47 Å². The van der Waals surface area contributed by atoms with Gasteiger partial charge in [0.15, 0.2) is 0 Å². The quantitative estimate of drug-likeness (QED) is 0.256. The van der Waals surface area contributed by atoms with E-state index in [1.165, 1.54) is 0 Å². The first-order chi connectivity index (χ1) is 18.0. The van der Waals surface area contributed by atoms with Crippen LogP contribution in [-0.4, -0.2) is 12.5 Å². The smallest absolute Gasteiger partial charge is 0.266 e. The molecular weight excluding hydrogens is 460 g/mol. The number of ether oxygens (including phenoxy) is 2. The highest BCUT2D eigenvalue weighted by Crippen LogP contribution is 2.40. The minimum Gasteiger partial charge on any atom is -0.494 e. The molecule has 186 valence electrons. The van der Waals surface area contributed by atoms with Crippen LogP contribution in [0.1, 0.15) is 37.8 Å². The van der Waals surface area contributed by atoms with Crippen LogP contribution in [0, 0.1) is 11.3 Å². The Morgan fingerprint density at radius 3 is 2.24 bits per heavy atom. The predicted octanol–water partition coefficient (Wildman–Crippen LogP) is 7.11. The average molecular weight is 491 g/mol. The van der Waals surface area contributed by atoms with Crippen LogP contribution in [0.5, 0.6) is 11.5 Å². The van der Waals surface area contributed by atoms with E-state index < -0.39 is 5.91 Å². The number of carbonyl (C=O) groups is 1. The van der Waals surface area contributed by atoms with Gasteiger partial charge in [-0.15, -0.1) is 0 Å². The third-order valence-electron chi connectivity index (χ3n) is 6.28. The highest BCUT2D eigenvalue weighted by molar-refractivity contribution is 6.07. The maximum Gasteiger partial charge on any atom is 0.266 e. The van der Waals surface area contributed by atoms with E-state index in [-0.39, 0.29) is 11.5 Å². The molecule has 37 heavy (non-hydrogen) atoms. The zero-order valence-corrected chi connectivity index (χ0v) is 21.3. The molecule has 0 heterocycles. The van der Waals surface area contributed by atoms with Gasteiger partial charge in [-0.2, -0.15) is 5.26 Å². The number of nitriles is 1. The number of hydrogen-bond donors (Lipinski definition) is 1. The molecular formula is C32H30N2O3. The molecule has 3 aromatic carbocycles. The Bertz CT molecular complexity index is 1380. The number of hydrogen-bond acceptors (Lipinski definition) is 4. The second-order valence-corrected chi connectivity index (χ2v) is 8.88. The molecule has 4 rings (SSSR count). The Balaban J connectivity index is 1.46. The Hall–Kier alpha value is -4.56. The van der Waals surface area contributed by atoms with E-state index in [2.05, 4.69) is 30.4 Å². The molecule has 0 spiro atoms. The van der Waals surface area contributed by atoms with E-state index >= 15 is 0 Å². The standard InChI is InChI=1S/C32H30N2O3/c1-4-36-29-16-12-28(13-17-29)34-32(35)27(20-33)19-26-18-22(2)31(23(26)3)25-10-14-30(15-11-25)37-21-24-8-6-5-7-9-24/h5-19,31H,4,21H2,1-3H3,(H,34,35)/b27-19-/t31-/m1/s1. The molecule has 0 saturated heterocycles. The Morgan fingerprint density at radius 1 is 0.946 bits per heavy atom. The van der Waals surface area contributed by atoms with Gasteiger partial charge in [-0.3, -0.25) is 4.79 Å². The number of rotatable bonds is 9. The fourth-order valence-electron chi connectivity index (χ4n) is 4.42. The summed E-state index contributed by atoms with van der Waals surface area (Å²) in [5.41, 5.74) is 6.05. The van der Waals surface area contributed by atoms with Gasteiger partial charge >= 0.3 is 0 Å². The number of benzene rings is 3. The molecule has 3 aromatic rings. The van der Waals surface area contributed by atoms with Crippen molar-refractivity contribution in [2.45, 2.75) is 33.3 Å². The van der Waals surface area contributed by atoms with Crippen molar-refractivity contribution in [2.24, 2.45) is 0 Å². The normalized spacial score (nSPS) is 15.1. The maximum atomic E-state index is 12.8. The van der Waals surface area contributed by atoms with E-state index in [1.807, 2.05) is 62.4 Å². The van der Waals surface area contributed by atoms with Gasteiger partial charge in [0.05, 0.1) is 6.61 Å². The molecule has 0 aliphatic heterocycles. The lowest BCUT2D eigenvalue weighted by atomic mass is 9.89. The topological polar surface area (TPSA) is 71.3 Å². The van der Waals surface area contributed by atoms with E-state index in [0.29, 0.717) is 18.9 Å². The fourth-order valence-corrected chi connectivity index (χ4v) is 4.42. The molecule has 0 radical (unpaired) electrons. The van der Waals surface area contributed by atoms with Crippen LogP contribution >= 0.6 is 0 Å². The molecule has 1 N–H and O–H groups in total. The second kappa shape index (κ2) is 11.9. The summed E-state index contributed by atoms with van der Waals surface area (Å²) in [5, 5.41) is 12.5. The Labute approximate surface area is 218 Å². The van der Waals surface area contributed by atoms with Gasteiger partial charge in [0.1, 0.15) is 29.7 Å². The largest absolute Gasteiger partial charge is 0.494 e. The van der Waals surface area contributed by atoms with E-state index in [0.717, 1.165) is 39.3 Å². The summed E-state index contributed by atoms with van der Waals surface area (Å²) in [4.78, 5) is 12.8. The molecule has 1 aliphatic carbocycles. The monoisotopic (exact) mass is 490 g/mol. The molecule has 1 aliphatic rings. The van der Waals surface area contributed by atoms with Crippen LogP contribution in [0.4, 0.5) is 5.69 Å². The van der Waals surface area contributed by atoms with Crippen molar-refractivity contribution in [1.82, 2.24) is 0 Å². The summed E-state index contributed by atoms with van der Waals surface area (Å²) < 4.78 is 11.4. The zero-order chi connectivity index (χ0) is 26.2. The summed E-state index contributed by atoms with van der Waals surface area (Å²) in [6.45, 7) is 7.12. The molecule has 0 fully saturated rings. The first-order valence-corrected chi connectivity index (χ1v) is 12.3. The first kappa shape index (κ1) is 25.5. The van der Waals surface area contributed by atoms with Crippen LogP contribution in [0.25, 0.3) is 0 Å². The summed E-state index contributed by atoms with van der Waals surface area (Å²) in [7, 11) is 0. The van der Waals surface area contributed by atoms with Crippen LogP contribution in [-0.2, 0) is 11.4 Å². The zero-order valence-electron chi connectivity index (χ0n) is 21.3. The van der Waals surface area contributed by atoms with Crippen LogP contribution < -0.4 is 14.8 Å². The minimum absolute atomic E-state index is 0.0533. The maximum absolute atomic E-state index is 12.8. The fraction of sp³-hybridized carbons (Fsp3) is 0.188. The number of amides is 1. The molecule has 1 atom stereocenters. The van der Waals surface area contributed by atoms with Gasteiger partial charge in [0.2, 0.25) is 0 Å². The SMILES string of the molecule is CCOc1ccc(NC(=O)/C(C#N)=C\C2=C(C)[C@H](c3ccc(OCc4ccccc4)cc3)C(C)=C2)cc1. The summed E-state index contributed by atoms with van der Waals surface area (Å²) in [6, 6.07) is 27.3. The van der Waals surface area contributed by atoms with Gasteiger partial charge in [-0.05, 0) is 79.9 Å². The Morgan fingerprint density at radius 2 is 1.59 bits per heavy atom. The van der Waals surface area contributed by atoms with Gasteiger partial charge in [-0.25, -0.2) is 0 Å². The molecule has 0 aromatic heterocycles. The summed E-state index contributed by atoms with van der Waals surface area (Å²) >= 11 is 0. The molecule has 1 amide bonds. The third-order valence-corrected chi connectivity index (χ3v) is 6.28. The van der Waals surface area contributed by atoms with Crippen LogP contribution in [0.3, 0.4) is 0 Å². The van der Waals surface area contributed by atoms with Gasteiger partial charge in [-0.1, -0.05) is 59.7 Å². The number of nitrogens with one attached hydrogen (secondary N) is 1. The number of allylic oxidation sites excluding steroid dienone is 5. The lowest BCUT2D eigenvalue weighted by molar-refractivity contribution is -0.112. The summed E-state index contributed by atoms with van der Waals surface area (Å²) in [5.74, 6) is 1.18.